The first-order valence-corrected chi connectivity index (χ1v) is 13.2. The van der Waals surface area contributed by atoms with Crippen LogP contribution in [-0.4, -0.2) is 23.3 Å². The molecule has 0 aliphatic carbocycles. The average Bonchev–Trinajstić information content (AvgIpc) is 3.32. The van der Waals surface area contributed by atoms with Gasteiger partial charge in [0.25, 0.3) is 0 Å². The molecule has 4 heteroatoms. The van der Waals surface area contributed by atoms with E-state index in [2.05, 4.69) is 102 Å². The number of rotatable bonds is 12. The molecule has 4 nitrogen and oxygen atoms in total. The number of hydrogen-bond acceptors (Lipinski definition) is 3. The molecule has 0 N–H and O–H groups in total. The lowest BCUT2D eigenvalue weighted by Crippen LogP contribution is -2.13. The predicted molar refractivity (Wildman–Crippen MR) is 155 cm³/mol. The summed E-state index contributed by atoms with van der Waals surface area (Å²) >= 11 is 0. The summed E-state index contributed by atoms with van der Waals surface area (Å²) in [5, 5.41) is 0. The standard InChI is InChI=1S/C34H34N2O2/c1-3-14-26-21-22-31(32(25-26)37-2)38-24-13-12-23-36-30-20-11-10-19-29(30)35-34(36)33(27-15-6-4-7-16-27)28-17-8-5-9-18-28/h3-11,15-22,25,33H,1,12-14,23-24H2,2H3. The second kappa shape index (κ2) is 12.3. The van der Waals surface area contributed by atoms with Crippen molar-refractivity contribution in [3.05, 3.63) is 138 Å². The van der Waals surface area contributed by atoms with Crippen molar-refractivity contribution in [3.8, 4) is 11.5 Å². The van der Waals surface area contributed by atoms with Crippen LogP contribution >= 0.6 is 0 Å². The van der Waals surface area contributed by atoms with E-state index in [0.29, 0.717) is 6.61 Å². The SMILES string of the molecule is C=CCc1ccc(OCCCCn2c(C(c3ccccc3)c3ccccc3)nc3ccccc32)c(OC)c1. The maximum absolute atomic E-state index is 6.11. The number of ether oxygens (including phenoxy) is 2. The smallest absolute Gasteiger partial charge is 0.161 e. The third kappa shape index (κ3) is 5.65. The van der Waals surface area contributed by atoms with Crippen LogP contribution in [0.3, 0.4) is 0 Å². The molecule has 1 heterocycles. The minimum absolute atomic E-state index is 0.0550. The molecule has 0 saturated carbocycles. The second-order valence-electron chi connectivity index (χ2n) is 9.40. The number of benzene rings is 4. The Labute approximate surface area is 225 Å². The van der Waals surface area contributed by atoms with Gasteiger partial charge in [-0.2, -0.15) is 0 Å². The van der Waals surface area contributed by atoms with E-state index in [1.165, 1.54) is 16.6 Å². The van der Waals surface area contributed by atoms with Gasteiger partial charge in [-0.1, -0.05) is 84.9 Å². The van der Waals surface area contributed by atoms with Crippen LogP contribution in [0.1, 0.15) is 41.3 Å². The number of aryl methyl sites for hydroxylation is 1. The Bertz CT molecular complexity index is 1440. The maximum atomic E-state index is 6.11. The van der Waals surface area contributed by atoms with Crippen molar-refractivity contribution in [2.24, 2.45) is 0 Å². The van der Waals surface area contributed by atoms with E-state index in [0.717, 1.165) is 54.2 Å². The summed E-state index contributed by atoms with van der Waals surface area (Å²) in [6.45, 7) is 5.31. The number of nitrogens with zero attached hydrogens (tertiary/aromatic N) is 2. The zero-order chi connectivity index (χ0) is 26.2. The lowest BCUT2D eigenvalue weighted by molar-refractivity contribution is 0.283. The Hall–Kier alpha value is -4.31. The molecular weight excluding hydrogens is 468 g/mol. The summed E-state index contributed by atoms with van der Waals surface area (Å²) < 4.78 is 14.1. The van der Waals surface area contributed by atoms with Crippen molar-refractivity contribution in [2.75, 3.05) is 13.7 Å². The van der Waals surface area contributed by atoms with Crippen LogP contribution in [0, 0.1) is 0 Å². The zero-order valence-corrected chi connectivity index (χ0v) is 21.9. The van der Waals surface area contributed by atoms with Crippen LogP contribution in [0.2, 0.25) is 0 Å². The van der Waals surface area contributed by atoms with Crippen molar-refractivity contribution >= 4 is 11.0 Å². The summed E-state index contributed by atoms with van der Waals surface area (Å²) in [6.07, 6.45) is 4.60. The Morgan fingerprint density at radius 3 is 2.18 bits per heavy atom. The molecule has 4 aromatic carbocycles. The largest absolute Gasteiger partial charge is 0.493 e. The molecule has 0 spiro atoms. The van der Waals surface area contributed by atoms with Crippen molar-refractivity contribution in [2.45, 2.75) is 31.7 Å². The molecule has 5 rings (SSSR count). The van der Waals surface area contributed by atoms with Gasteiger partial charge in [0.1, 0.15) is 5.82 Å². The molecule has 0 bridgehead atoms. The van der Waals surface area contributed by atoms with Gasteiger partial charge in [0.2, 0.25) is 0 Å². The maximum Gasteiger partial charge on any atom is 0.161 e. The summed E-state index contributed by atoms with van der Waals surface area (Å²) in [5.74, 6) is 2.67. The highest BCUT2D eigenvalue weighted by Gasteiger charge is 2.23. The second-order valence-corrected chi connectivity index (χ2v) is 9.40. The predicted octanol–water partition coefficient (Wildman–Crippen LogP) is 7.81. The lowest BCUT2D eigenvalue weighted by Gasteiger charge is -2.20. The molecular formula is C34H34N2O2. The monoisotopic (exact) mass is 502 g/mol. The van der Waals surface area contributed by atoms with Crippen LogP contribution in [0.4, 0.5) is 0 Å². The van der Waals surface area contributed by atoms with E-state index in [-0.39, 0.29) is 5.92 Å². The van der Waals surface area contributed by atoms with E-state index >= 15 is 0 Å². The molecule has 38 heavy (non-hydrogen) atoms. The van der Waals surface area contributed by atoms with Gasteiger partial charge in [-0.05, 0) is 60.2 Å². The highest BCUT2D eigenvalue weighted by atomic mass is 16.5. The first-order chi connectivity index (χ1) is 18.8. The number of imidazole rings is 1. The topological polar surface area (TPSA) is 36.3 Å². The van der Waals surface area contributed by atoms with Gasteiger partial charge in [0.15, 0.2) is 11.5 Å². The van der Waals surface area contributed by atoms with Gasteiger partial charge in [0.05, 0.1) is 30.7 Å². The van der Waals surface area contributed by atoms with Gasteiger partial charge in [-0.15, -0.1) is 6.58 Å². The zero-order valence-electron chi connectivity index (χ0n) is 21.9. The van der Waals surface area contributed by atoms with E-state index in [1.54, 1.807) is 7.11 Å². The summed E-state index contributed by atoms with van der Waals surface area (Å²) in [6, 6.07) is 35.8. The first kappa shape index (κ1) is 25.3. The van der Waals surface area contributed by atoms with Gasteiger partial charge >= 0.3 is 0 Å². The number of aromatic nitrogens is 2. The van der Waals surface area contributed by atoms with Crippen molar-refractivity contribution in [1.29, 1.82) is 0 Å². The molecule has 5 aromatic rings. The number of fused-ring (bicyclic) bond motifs is 1. The van der Waals surface area contributed by atoms with Crippen LogP contribution in [-0.2, 0) is 13.0 Å². The van der Waals surface area contributed by atoms with Gasteiger partial charge in [-0.25, -0.2) is 4.98 Å². The van der Waals surface area contributed by atoms with E-state index in [9.17, 15) is 0 Å². The van der Waals surface area contributed by atoms with Crippen LogP contribution < -0.4 is 9.47 Å². The van der Waals surface area contributed by atoms with E-state index < -0.39 is 0 Å². The first-order valence-electron chi connectivity index (χ1n) is 13.2. The summed E-state index contributed by atoms with van der Waals surface area (Å²) in [7, 11) is 1.68. The normalized spacial score (nSPS) is 11.1. The third-order valence-electron chi connectivity index (χ3n) is 6.85. The van der Waals surface area contributed by atoms with Crippen LogP contribution in [0.15, 0.2) is 116 Å². The molecule has 0 aliphatic heterocycles. The molecule has 0 saturated heterocycles. The Morgan fingerprint density at radius 2 is 1.50 bits per heavy atom. The number of unbranched alkanes of at least 4 members (excludes halogenated alkanes) is 1. The summed E-state index contributed by atoms with van der Waals surface area (Å²) in [4.78, 5) is 5.17. The number of allylic oxidation sites excluding steroid dienone is 1. The Kier molecular flexibility index (Phi) is 8.19. The highest BCUT2D eigenvalue weighted by molar-refractivity contribution is 5.76. The molecule has 1 aromatic heterocycles. The highest BCUT2D eigenvalue weighted by Crippen LogP contribution is 2.34. The minimum Gasteiger partial charge on any atom is -0.493 e. The lowest BCUT2D eigenvalue weighted by atomic mass is 9.90. The van der Waals surface area contributed by atoms with E-state index in [1.807, 2.05) is 18.2 Å². The molecule has 0 radical (unpaired) electrons. The summed E-state index contributed by atoms with van der Waals surface area (Å²) in [5.41, 5.74) is 5.84. The fourth-order valence-electron chi connectivity index (χ4n) is 5.01. The van der Waals surface area contributed by atoms with Crippen molar-refractivity contribution in [3.63, 3.8) is 0 Å². The van der Waals surface area contributed by atoms with Gasteiger partial charge in [-0.3, -0.25) is 0 Å². The average molecular weight is 503 g/mol. The molecule has 0 unspecified atom stereocenters. The van der Waals surface area contributed by atoms with Crippen LogP contribution in [0.5, 0.6) is 11.5 Å². The van der Waals surface area contributed by atoms with Crippen molar-refractivity contribution in [1.82, 2.24) is 9.55 Å². The molecule has 0 atom stereocenters. The number of para-hydroxylation sites is 2. The molecule has 0 aliphatic rings. The third-order valence-corrected chi connectivity index (χ3v) is 6.85. The van der Waals surface area contributed by atoms with Gasteiger partial charge in [0, 0.05) is 6.54 Å². The van der Waals surface area contributed by atoms with E-state index in [4.69, 9.17) is 14.5 Å². The Balaban J connectivity index is 1.36. The minimum atomic E-state index is 0.0550. The molecule has 192 valence electrons. The number of methoxy groups -OCH3 is 1. The molecule has 0 amide bonds. The van der Waals surface area contributed by atoms with Crippen molar-refractivity contribution < 1.29 is 9.47 Å². The van der Waals surface area contributed by atoms with Gasteiger partial charge < -0.3 is 14.0 Å². The Morgan fingerprint density at radius 1 is 0.816 bits per heavy atom. The quantitative estimate of drug-likeness (QED) is 0.129. The molecule has 0 fully saturated rings. The number of hydrogen-bond donors (Lipinski definition) is 0. The van der Waals surface area contributed by atoms with Crippen LogP contribution in [0.25, 0.3) is 11.0 Å². The fourth-order valence-corrected chi connectivity index (χ4v) is 5.01. The fraction of sp³-hybridized carbons (Fsp3) is 0.206.